The van der Waals surface area contributed by atoms with Gasteiger partial charge in [-0.3, -0.25) is 4.79 Å². The summed E-state index contributed by atoms with van der Waals surface area (Å²) in [6, 6.07) is 22.0. The normalized spacial score (nSPS) is 12.1. The van der Waals surface area contributed by atoms with E-state index in [-0.39, 0.29) is 5.78 Å². The lowest BCUT2D eigenvalue weighted by atomic mass is 9.99. The molecule has 100 valence electrons. The summed E-state index contributed by atoms with van der Waals surface area (Å²) >= 11 is 3.64. The molecule has 0 radical (unpaired) electrons. The maximum absolute atomic E-state index is 12.6. The molecule has 0 spiro atoms. The number of rotatable bonds is 1. The number of ketones is 1. The van der Waals surface area contributed by atoms with Crippen molar-refractivity contribution < 1.29 is 4.79 Å². The van der Waals surface area contributed by atoms with E-state index in [1.165, 1.54) is 0 Å². The molecule has 0 saturated heterocycles. The molecule has 4 rings (SSSR count). The van der Waals surface area contributed by atoms with Gasteiger partial charge in [-0.25, -0.2) is 0 Å². The molecule has 0 atom stereocenters. The fraction of sp³-hybridized carbons (Fsp3) is 0. The molecule has 2 heteroatoms. The largest absolute Gasteiger partial charge is 0.289 e. The van der Waals surface area contributed by atoms with Crippen molar-refractivity contribution >= 4 is 21.7 Å². The summed E-state index contributed by atoms with van der Waals surface area (Å²) in [4.78, 5) is 12.6. The third-order valence-electron chi connectivity index (χ3n) is 3.88. The van der Waals surface area contributed by atoms with Crippen LogP contribution in [0.1, 0.15) is 15.9 Å². The molecule has 1 nitrogen and oxygen atoms in total. The van der Waals surface area contributed by atoms with Gasteiger partial charge in [0.2, 0.25) is 0 Å². The zero-order valence-electron chi connectivity index (χ0n) is 11.1. The fourth-order valence-corrected chi connectivity index (χ4v) is 3.57. The lowest BCUT2D eigenvalue weighted by Crippen LogP contribution is -1.95. The zero-order chi connectivity index (χ0) is 14.4. The van der Waals surface area contributed by atoms with Gasteiger partial charge in [0.25, 0.3) is 0 Å². The van der Waals surface area contributed by atoms with Crippen molar-refractivity contribution in [1.29, 1.82) is 0 Å². The van der Waals surface area contributed by atoms with Gasteiger partial charge in [0.05, 0.1) is 0 Å². The number of halogens is 1. The highest BCUT2D eigenvalue weighted by Crippen LogP contribution is 2.43. The van der Waals surface area contributed by atoms with E-state index in [9.17, 15) is 4.79 Å². The molecule has 1 aliphatic rings. The summed E-state index contributed by atoms with van der Waals surface area (Å²) < 4.78 is 0.970. The van der Waals surface area contributed by atoms with Gasteiger partial charge >= 0.3 is 0 Å². The van der Waals surface area contributed by atoms with Crippen LogP contribution in [0.5, 0.6) is 0 Å². The fourth-order valence-electron chi connectivity index (χ4n) is 2.90. The minimum absolute atomic E-state index is 0.110. The molecule has 0 N–H and O–H groups in total. The second kappa shape index (κ2) is 4.68. The van der Waals surface area contributed by atoms with E-state index in [0.717, 1.165) is 37.9 Å². The van der Waals surface area contributed by atoms with Crippen LogP contribution in [0.3, 0.4) is 0 Å². The summed E-state index contributed by atoms with van der Waals surface area (Å²) in [5.74, 6) is 0.110. The number of hydrogen-bond acceptors (Lipinski definition) is 1. The van der Waals surface area contributed by atoms with Gasteiger partial charge in [-0.2, -0.15) is 0 Å². The minimum Gasteiger partial charge on any atom is -0.289 e. The van der Waals surface area contributed by atoms with Crippen molar-refractivity contribution in [2.45, 2.75) is 0 Å². The molecule has 21 heavy (non-hydrogen) atoms. The van der Waals surface area contributed by atoms with Crippen molar-refractivity contribution in [2.24, 2.45) is 0 Å². The minimum atomic E-state index is 0.110. The molecule has 3 aromatic carbocycles. The molecule has 0 fully saturated rings. The SMILES string of the molecule is O=C1c2ccccc2-c2c(Br)cc(-c3ccccc3)cc21. The van der Waals surface area contributed by atoms with Crippen LogP contribution in [0.25, 0.3) is 22.3 Å². The third-order valence-corrected chi connectivity index (χ3v) is 4.51. The van der Waals surface area contributed by atoms with E-state index < -0.39 is 0 Å². The van der Waals surface area contributed by atoms with E-state index in [0.29, 0.717) is 0 Å². The summed E-state index contributed by atoms with van der Waals surface area (Å²) in [5, 5.41) is 0. The van der Waals surface area contributed by atoms with Gasteiger partial charge in [-0.1, -0.05) is 70.5 Å². The Kier molecular flexibility index (Phi) is 2.79. The highest BCUT2D eigenvalue weighted by molar-refractivity contribution is 9.10. The highest BCUT2D eigenvalue weighted by Gasteiger charge is 2.28. The molecule has 0 aromatic heterocycles. The number of benzene rings is 3. The smallest absolute Gasteiger partial charge is 0.194 e. The lowest BCUT2D eigenvalue weighted by Gasteiger charge is -2.08. The van der Waals surface area contributed by atoms with Crippen LogP contribution >= 0.6 is 15.9 Å². The average Bonchev–Trinajstić information content (AvgIpc) is 2.82. The molecule has 0 heterocycles. The Balaban J connectivity index is 1.98. The quantitative estimate of drug-likeness (QED) is 0.460. The Morgan fingerprint density at radius 2 is 1.33 bits per heavy atom. The summed E-state index contributed by atoms with van der Waals surface area (Å²) in [5.41, 5.74) is 5.77. The van der Waals surface area contributed by atoms with Crippen molar-refractivity contribution in [2.75, 3.05) is 0 Å². The second-order valence-electron chi connectivity index (χ2n) is 5.12. The van der Waals surface area contributed by atoms with Crippen LogP contribution < -0.4 is 0 Å². The maximum atomic E-state index is 12.6. The van der Waals surface area contributed by atoms with Gasteiger partial charge < -0.3 is 0 Å². The first kappa shape index (κ1) is 12.5. The number of carbonyl (C=O) groups excluding carboxylic acids is 1. The number of carbonyl (C=O) groups is 1. The van der Waals surface area contributed by atoms with Crippen LogP contribution in [-0.2, 0) is 0 Å². The van der Waals surface area contributed by atoms with E-state index in [2.05, 4.69) is 34.1 Å². The van der Waals surface area contributed by atoms with E-state index in [1.807, 2.05) is 48.5 Å². The van der Waals surface area contributed by atoms with E-state index >= 15 is 0 Å². The first-order chi connectivity index (χ1) is 10.3. The van der Waals surface area contributed by atoms with Crippen LogP contribution in [-0.4, -0.2) is 5.78 Å². The Bertz CT molecular complexity index is 866. The third kappa shape index (κ3) is 1.87. The van der Waals surface area contributed by atoms with Crippen molar-refractivity contribution in [1.82, 2.24) is 0 Å². The van der Waals surface area contributed by atoms with Crippen LogP contribution in [0.2, 0.25) is 0 Å². The van der Waals surface area contributed by atoms with Crippen molar-refractivity contribution in [3.63, 3.8) is 0 Å². The number of fused-ring (bicyclic) bond motifs is 3. The Labute approximate surface area is 131 Å². The van der Waals surface area contributed by atoms with Gasteiger partial charge in [0.1, 0.15) is 0 Å². The molecule has 3 aromatic rings. The van der Waals surface area contributed by atoms with Crippen molar-refractivity contribution in [3.05, 3.63) is 82.3 Å². The Morgan fingerprint density at radius 3 is 2.10 bits per heavy atom. The molecule has 0 saturated carbocycles. The number of hydrogen-bond donors (Lipinski definition) is 0. The van der Waals surface area contributed by atoms with Crippen LogP contribution in [0, 0.1) is 0 Å². The zero-order valence-corrected chi connectivity index (χ0v) is 12.7. The van der Waals surface area contributed by atoms with Gasteiger partial charge in [-0.15, -0.1) is 0 Å². The highest BCUT2D eigenvalue weighted by atomic mass is 79.9. The summed E-state index contributed by atoms with van der Waals surface area (Å²) in [6.07, 6.45) is 0. The van der Waals surface area contributed by atoms with Gasteiger partial charge in [-0.05, 0) is 28.8 Å². The molecular formula is C19H11BrO. The monoisotopic (exact) mass is 334 g/mol. The molecule has 0 unspecified atom stereocenters. The van der Waals surface area contributed by atoms with Crippen molar-refractivity contribution in [3.8, 4) is 22.3 Å². The summed E-state index contributed by atoms with van der Waals surface area (Å²) in [7, 11) is 0. The first-order valence-corrected chi connectivity index (χ1v) is 7.58. The Hall–Kier alpha value is -2.19. The van der Waals surface area contributed by atoms with Gasteiger partial charge in [0.15, 0.2) is 5.78 Å². The van der Waals surface area contributed by atoms with Crippen LogP contribution in [0.4, 0.5) is 0 Å². The molecule has 0 aliphatic heterocycles. The summed E-state index contributed by atoms with van der Waals surface area (Å²) in [6.45, 7) is 0. The van der Waals surface area contributed by atoms with Gasteiger partial charge in [0, 0.05) is 21.2 Å². The predicted molar refractivity (Wildman–Crippen MR) is 88.4 cm³/mol. The second-order valence-corrected chi connectivity index (χ2v) is 5.98. The first-order valence-electron chi connectivity index (χ1n) is 6.79. The molecular weight excluding hydrogens is 324 g/mol. The topological polar surface area (TPSA) is 17.1 Å². The standard InChI is InChI=1S/C19H11BrO/c20-17-11-13(12-6-2-1-3-7-12)10-16-18(17)14-8-4-5-9-15(14)19(16)21/h1-11H. The lowest BCUT2D eigenvalue weighted by molar-refractivity contribution is 0.104. The van der Waals surface area contributed by atoms with E-state index in [4.69, 9.17) is 0 Å². The van der Waals surface area contributed by atoms with Crippen LogP contribution in [0.15, 0.2) is 71.2 Å². The Morgan fingerprint density at radius 1 is 0.667 bits per heavy atom. The maximum Gasteiger partial charge on any atom is 0.194 e. The average molecular weight is 335 g/mol. The predicted octanol–water partition coefficient (Wildman–Crippen LogP) is 5.33. The molecule has 1 aliphatic carbocycles. The molecule has 0 amide bonds. The molecule has 0 bridgehead atoms. The van der Waals surface area contributed by atoms with E-state index in [1.54, 1.807) is 0 Å².